The van der Waals surface area contributed by atoms with Crippen molar-refractivity contribution in [2.24, 2.45) is 5.41 Å². The number of hydrogen-bond acceptors (Lipinski definition) is 5. The van der Waals surface area contributed by atoms with Gasteiger partial charge in [0.25, 0.3) is 0 Å². The summed E-state index contributed by atoms with van der Waals surface area (Å²) in [5.41, 5.74) is -0.103. The molecule has 3 atom stereocenters. The second-order valence-corrected chi connectivity index (χ2v) is 6.23. The number of aliphatic hydroxyl groups excluding tert-OH is 2. The van der Waals surface area contributed by atoms with Crippen molar-refractivity contribution in [3.05, 3.63) is 0 Å². The SMILES string of the molecule is CCCCOCCOCC(O)CNC1CC(O)C1(C)C. The van der Waals surface area contributed by atoms with Crippen LogP contribution in [0.5, 0.6) is 0 Å². The predicted octanol–water partition coefficient (Wildman–Crippen LogP) is 0.930. The van der Waals surface area contributed by atoms with Gasteiger partial charge in [0.05, 0.1) is 32.0 Å². The predicted molar refractivity (Wildman–Crippen MR) is 78.7 cm³/mol. The Bertz CT molecular complexity index is 260. The Morgan fingerprint density at radius 3 is 2.55 bits per heavy atom. The fraction of sp³-hybridized carbons (Fsp3) is 1.00. The third-order valence-corrected chi connectivity index (χ3v) is 4.14. The van der Waals surface area contributed by atoms with Gasteiger partial charge >= 0.3 is 0 Å². The molecule has 0 spiro atoms. The lowest BCUT2D eigenvalue weighted by molar-refractivity contribution is -0.0771. The lowest BCUT2D eigenvalue weighted by atomic mass is 9.64. The summed E-state index contributed by atoms with van der Waals surface area (Å²) in [5, 5.41) is 22.7. The van der Waals surface area contributed by atoms with E-state index in [1.807, 2.05) is 13.8 Å². The molecule has 20 heavy (non-hydrogen) atoms. The zero-order valence-corrected chi connectivity index (χ0v) is 13.1. The Hall–Kier alpha value is -0.200. The van der Waals surface area contributed by atoms with Crippen molar-refractivity contribution in [1.29, 1.82) is 0 Å². The first-order chi connectivity index (χ1) is 9.48. The summed E-state index contributed by atoms with van der Waals surface area (Å²) < 4.78 is 10.7. The van der Waals surface area contributed by atoms with E-state index in [4.69, 9.17) is 9.47 Å². The van der Waals surface area contributed by atoms with E-state index in [0.29, 0.717) is 26.4 Å². The molecule has 0 saturated heterocycles. The number of nitrogens with one attached hydrogen (secondary N) is 1. The summed E-state index contributed by atoms with van der Waals surface area (Å²) in [6.45, 7) is 8.91. The number of aliphatic hydroxyl groups is 2. The molecule has 1 aliphatic carbocycles. The molecule has 5 heteroatoms. The normalized spacial score (nSPS) is 26.2. The molecule has 0 aromatic rings. The first-order valence-corrected chi connectivity index (χ1v) is 7.73. The number of rotatable bonds is 11. The second-order valence-electron chi connectivity index (χ2n) is 6.23. The quantitative estimate of drug-likeness (QED) is 0.494. The standard InChI is InChI=1S/C15H31NO4/c1-4-5-6-19-7-8-20-11-12(17)10-16-13-9-14(18)15(13,2)3/h12-14,16-18H,4-11H2,1-3H3. The maximum Gasteiger partial charge on any atom is 0.0897 e. The molecule has 0 bridgehead atoms. The van der Waals surface area contributed by atoms with Gasteiger partial charge in [0, 0.05) is 24.6 Å². The largest absolute Gasteiger partial charge is 0.392 e. The van der Waals surface area contributed by atoms with Crippen LogP contribution in [-0.2, 0) is 9.47 Å². The zero-order valence-electron chi connectivity index (χ0n) is 13.1. The monoisotopic (exact) mass is 289 g/mol. The lowest BCUT2D eigenvalue weighted by Gasteiger charge is -2.49. The number of unbranched alkanes of at least 4 members (excludes halogenated alkanes) is 1. The minimum atomic E-state index is -0.515. The van der Waals surface area contributed by atoms with Gasteiger partial charge in [0.1, 0.15) is 0 Å². The molecule has 1 aliphatic rings. The Morgan fingerprint density at radius 2 is 1.95 bits per heavy atom. The smallest absolute Gasteiger partial charge is 0.0897 e. The molecule has 0 heterocycles. The van der Waals surface area contributed by atoms with E-state index in [-0.39, 0.29) is 17.6 Å². The highest BCUT2D eigenvalue weighted by atomic mass is 16.5. The zero-order chi connectivity index (χ0) is 15.0. The Labute approximate surface area is 122 Å². The van der Waals surface area contributed by atoms with Gasteiger partial charge in [-0.15, -0.1) is 0 Å². The van der Waals surface area contributed by atoms with Gasteiger partial charge in [-0.05, 0) is 12.8 Å². The average Bonchev–Trinajstić information content (AvgIpc) is 2.42. The molecule has 0 amide bonds. The van der Waals surface area contributed by atoms with Gasteiger partial charge in [-0.25, -0.2) is 0 Å². The fourth-order valence-corrected chi connectivity index (χ4v) is 2.27. The molecule has 3 unspecified atom stereocenters. The van der Waals surface area contributed by atoms with Gasteiger partial charge in [-0.3, -0.25) is 0 Å². The average molecular weight is 289 g/mol. The van der Waals surface area contributed by atoms with Crippen LogP contribution in [0.25, 0.3) is 0 Å². The van der Waals surface area contributed by atoms with E-state index >= 15 is 0 Å². The Kier molecular flexibility index (Phi) is 7.99. The van der Waals surface area contributed by atoms with E-state index in [2.05, 4.69) is 12.2 Å². The van der Waals surface area contributed by atoms with E-state index < -0.39 is 6.10 Å². The molecule has 5 nitrogen and oxygen atoms in total. The number of ether oxygens (including phenoxy) is 2. The van der Waals surface area contributed by atoms with Crippen LogP contribution in [0.15, 0.2) is 0 Å². The minimum absolute atomic E-state index is 0.103. The summed E-state index contributed by atoms with van der Waals surface area (Å²) in [7, 11) is 0. The van der Waals surface area contributed by atoms with Crippen LogP contribution in [0.3, 0.4) is 0 Å². The van der Waals surface area contributed by atoms with Gasteiger partial charge in [-0.2, -0.15) is 0 Å². The molecular weight excluding hydrogens is 258 g/mol. The van der Waals surface area contributed by atoms with Crippen molar-refractivity contribution >= 4 is 0 Å². The van der Waals surface area contributed by atoms with E-state index in [1.54, 1.807) is 0 Å². The minimum Gasteiger partial charge on any atom is -0.392 e. The molecule has 0 aromatic heterocycles. The summed E-state index contributed by atoms with van der Waals surface area (Å²) >= 11 is 0. The van der Waals surface area contributed by atoms with Crippen molar-refractivity contribution in [3.63, 3.8) is 0 Å². The van der Waals surface area contributed by atoms with Gasteiger partial charge in [0.15, 0.2) is 0 Å². The molecule has 0 radical (unpaired) electrons. The molecule has 120 valence electrons. The summed E-state index contributed by atoms with van der Waals surface area (Å²) in [5.74, 6) is 0. The van der Waals surface area contributed by atoms with Gasteiger partial charge in [0.2, 0.25) is 0 Å². The van der Waals surface area contributed by atoms with Gasteiger partial charge in [-0.1, -0.05) is 27.2 Å². The maximum atomic E-state index is 9.80. The molecule has 1 saturated carbocycles. The van der Waals surface area contributed by atoms with Crippen LogP contribution in [0.4, 0.5) is 0 Å². The van der Waals surface area contributed by atoms with E-state index in [1.165, 1.54) is 0 Å². The third-order valence-electron chi connectivity index (χ3n) is 4.14. The molecule has 1 rings (SSSR count). The second kappa shape index (κ2) is 8.95. The highest BCUT2D eigenvalue weighted by Crippen LogP contribution is 2.40. The third kappa shape index (κ3) is 5.66. The molecule has 0 aliphatic heterocycles. The van der Waals surface area contributed by atoms with Crippen LogP contribution < -0.4 is 5.32 Å². The van der Waals surface area contributed by atoms with Crippen LogP contribution in [0, 0.1) is 5.41 Å². The van der Waals surface area contributed by atoms with E-state index in [9.17, 15) is 10.2 Å². The highest BCUT2D eigenvalue weighted by Gasteiger charge is 2.46. The fourth-order valence-electron chi connectivity index (χ4n) is 2.27. The van der Waals surface area contributed by atoms with Crippen LogP contribution in [0.2, 0.25) is 0 Å². The Balaban J connectivity index is 1.95. The Morgan fingerprint density at radius 1 is 1.25 bits per heavy atom. The first kappa shape index (κ1) is 17.9. The molecular formula is C15H31NO4. The van der Waals surface area contributed by atoms with Crippen molar-refractivity contribution in [2.75, 3.05) is 33.0 Å². The van der Waals surface area contributed by atoms with Crippen molar-refractivity contribution in [3.8, 4) is 0 Å². The summed E-state index contributed by atoms with van der Waals surface area (Å²) in [4.78, 5) is 0. The molecule has 3 N–H and O–H groups in total. The van der Waals surface area contributed by atoms with Crippen molar-refractivity contribution in [1.82, 2.24) is 5.32 Å². The van der Waals surface area contributed by atoms with Gasteiger partial charge < -0.3 is 25.0 Å². The maximum absolute atomic E-state index is 9.80. The summed E-state index contributed by atoms with van der Waals surface area (Å²) in [6.07, 6.45) is 2.21. The van der Waals surface area contributed by atoms with Crippen molar-refractivity contribution in [2.45, 2.75) is 58.3 Å². The van der Waals surface area contributed by atoms with Crippen LogP contribution in [0.1, 0.15) is 40.0 Å². The number of hydrogen-bond donors (Lipinski definition) is 3. The molecule has 0 aromatic carbocycles. The van der Waals surface area contributed by atoms with Crippen LogP contribution in [-0.4, -0.2) is 61.4 Å². The first-order valence-electron chi connectivity index (χ1n) is 7.73. The highest BCUT2D eigenvalue weighted by molar-refractivity contribution is 5.01. The molecule has 1 fully saturated rings. The van der Waals surface area contributed by atoms with E-state index in [0.717, 1.165) is 25.9 Å². The van der Waals surface area contributed by atoms with Crippen LogP contribution >= 0.6 is 0 Å². The summed E-state index contributed by atoms with van der Waals surface area (Å²) in [6, 6.07) is 0.268. The lowest BCUT2D eigenvalue weighted by Crippen LogP contribution is -2.61. The topological polar surface area (TPSA) is 71.0 Å². The van der Waals surface area contributed by atoms with Crippen molar-refractivity contribution < 1.29 is 19.7 Å².